The van der Waals surface area contributed by atoms with E-state index < -0.39 is 0 Å². The number of nitrogens with zero attached hydrogens (tertiary/aromatic N) is 5. The van der Waals surface area contributed by atoms with Gasteiger partial charge in [0.25, 0.3) is 0 Å². The third-order valence-corrected chi connectivity index (χ3v) is 5.61. The van der Waals surface area contributed by atoms with Crippen molar-refractivity contribution in [3.63, 3.8) is 0 Å². The van der Waals surface area contributed by atoms with E-state index in [9.17, 15) is 4.79 Å². The minimum absolute atomic E-state index is 0.0757. The molecule has 0 aliphatic heterocycles. The zero-order chi connectivity index (χ0) is 18.0. The van der Waals surface area contributed by atoms with Crippen LogP contribution in [-0.4, -0.2) is 35.9 Å². The average Bonchev–Trinajstić information content (AvgIpc) is 3.28. The maximum absolute atomic E-state index is 12.7. The summed E-state index contributed by atoms with van der Waals surface area (Å²) in [6.07, 6.45) is 3.56. The van der Waals surface area contributed by atoms with E-state index in [1.807, 2.05) is 41.4 Å². The molecule has 0 atom stereocenters. The average molecular weight is 374 g/mol. The van der Waals surface area contributed by atoms with Gasteiger partial charge < -0.3 is 4.57 Å². The highest BCUT2D eigenvalue weighted by Crippen LogP contribution is 2.25. The third-order valence-electron chi connectivity index (χ3n) is 3.89. The molecule has 8 heteroatoms. The number of thiazole rings is 1. The van der Waals surface area contributed by atoms with Crippen LogP contribution in [0.15, 0.2) is 35.5 Å². The van der Waals surface area contributed by atoms with Gasteiger partial charge in [-0.3, -0.25) is 9.36 Å². The maximum atomic E-state index is 12.7. The molecule has 0 aliphatic carbocycles. The lowest BCUT2D eigenvalue weighted by atomic mass is 10.2. The number of aromatic nitrogens is 5. The zero-order valence-corrected chi connectivity index (χ0v) is 16.0. The van der Waals surface area contributed by atoms with Gasteiger partial charge in [0.2, 0.25) is 0 Å². The summed E-state index contributed by atoms with van der Waals surface area (Å²) in [4.78, 5) is 17.1. The van der Waals surface area contributed by atoms with Crippen molar-refractivity contribution in [3.05, 3.63) is 53.1 Å². The van der Waals surface area contributed by atoms with Gasteiger partial charge in [-0.2, -0.15) is 0 Å². The van der Waals surface area contributed by atoms with Crippen molar-refractivity contribution in [1.29, 1.82) is 0 Å². The first kappa shape index (κ1) is 17.6. The highest BCUT2D eigenvalue weighted by Gasteiger charge is 2.19. The number of ketones is 1. The molecule has 0 bridgehead atoms. The molecule has 3 aromatic heterocycles. The smallest absolute Gasteiger partial charge is 0.193 e. The van der Waals surface area contributed by atoms with E-state index in [2.05, 4.69) is 21.8 Å². The second kappa shape index (κ2) is 7.37. The summed E-state index contributed by atoms with van der Waals surface area (Å²) in [7, 11) is 0. The van der Waals surface area contributed by atoms with Crippen molar-refractivity contribution in [3.8, 4) is 5.13 Å². The Morgan fingerprint density at radius 2 is 2.16 bits per heavy atom. The van der Waals surface area contributed by atoms with Gasteiger partial charge in [-0.15, -0.1) is 28.1 Å². The Balaban J connectivity index is 1.79. The van der Waals surface area contributed by atoms with E-state index in [1.165, 1.54) is 11.8 Å². The normalized spacial score (nSPS) is 11.0. The lowest BCUT2D eigenvalue weighted by Crippen LogP contribution is -2.07. The molecule has 0 radical (unpaired) electrons. The van der Waals surface area contributed by atoms with Crippen LogP contribution >= 0.6 is 23.1 Å². The molecule has 0 spiro atoms. The number of carbonyl (C=O) groups is 1. The van der Waals surface area contributed by atoms with E-state index in [0.29, 0.717) is 12.3 Å². The van der Waals surface area contributed by atoms with E-state index in [4.69, 9.17) is 0 Å². The predicted octanol–water partition coefficient (Wildman–Crippen LogP) is 3.61. The van der Waals surface area contributed by atoms with Gasteiger partial charge in [0.15, 0.2) is 16.1 Å². The fourth-order valence-corrected chi connectivity index (χ4v) is 4.31. The van der Waals surface area contributed by atoms with Crippen molar-refractivity contribution in [2.45, 2.75) is 32.5 Å². The number of thioether (sulfide) groups is 1. The fourth-order valence-electron chi connectivity index (χ4n) is 2.68. The van der Waals surface area contributed by atoms with E-state index in [1.54, 1.807) is 23.6 Å². The first-order chi connectivity index (χ1) is 12.0. The second-order valence-electron chi connectivity index (χ2n) is 5.58. The molecule has 3 heterocycles. The molecule has 0 fully saturated rings. The zero-order valence-electron chi connectivity index (χ0n) is 14.4. The standard InChI is InChI=1S/C17H19N5OS2/c1-5-7-21-13(4)19-20-17(21)25-10-15(23)14-9-11(2)22(12(14)3)16-18-6-8-24-16/h5-6,8-9H,1,7,10H2,2-4H3. The minimum atomic E-state index is 0.0757. The summed E-state index contributed by atoms with van der Waals surface area (Å²) in [5, 5.41) is 11.8. The van der Waals surface area contributed by atoms with Crippen LogP contribution in [0.4, 0.5) is 0 Å². The highest BCUT2D eigenvalue weighted by molar-refractivity contribution is 7.99. The van der Waals surface area contributed by atoms with Crippen LogP contribution < -0.4 is 0 Å². The van der Waals surface area contributed by atoms with Crippen LogP contribution in [0.2, 0.25) is 0 Å². The van der Waals surface area contributed by atoms with Gasteiger partial charge in [0.1, 0.15) is 5.82 Å². The number of rotatable bonds is 7. The molecule has 0 aliphatic rings. The highest BCUT2D eigenvalue weighted by atomic mass is 32.2. The van der Waals surface area contributed by atoms with Gasteiger partial charge in [-0.1, -0.05) is 17.8 Å². The van der Waals surface area contributed by atoms with Crippen LogP contribution in [0.5, 0.6) is 0 Å². The monoisotopic (exact) mass is 373 g/mol. The largest absolute Gasteiger partial charge is 0.302 e. The summed E-state index contributed by atoms with van der Waals surface area (Å²) in [5.74, 6) is 1.21. The molecule has 6 nitrogen and oxygen atoms in total. The molecule has 130 valence electrons. The van der Waals surface area contributed by atoms with Crippen LogP contribution in [0, 0.1) is 20.8 Å². The molecular formula is C17H19N5OS2. The van der Waals surface area contributed by atoms with Crippen molar-refractivity contribution < 1.29 is 4.79 Å². The van der Waals surface area contributed by atoms with Crippen molar-refractivity contribution >= 4 is 28.9 Å². The molecule has 0 saturated heterocycles. The van der Waals surface area contributed by atoms with Gasteiger partial charge in [0, 0.05) is 35.1 Å². The van der Waals surface area contributed by atoms with Crippen molar-refractivity contribution in [1.82, 2.24) is 24.3 Å². The molecule has 25 heavy (non-hydrogen) atoms. The first-order valence-corrected chi connectivity index (χ1v) is 9.65. The summed E-state index contributed by atoms with van der Waals surface area (Å²) < 4.78 is 3.97. The van der Waals surface area contributed by atoms with Crippen LogP contribution in [-0.2, 0) is 6.54 Å². The van der Waals surface area contributed by atoms with Crippen LogP contribution in [0.1, 0.15) is 27.6 Å². The molecule has 0 saturated carbocycles. The Morgan fingerprint density at radius 1 is 1.36 bits per heavy atom. The summed E-state index contributed by atoms with van der Waals surface area (Å²) in [6.45, 7) is 10.2. The van der Waals surface area contributed by atoms with E-state index in [0.717, 1.165) is 33.1 Å². The van der Waals surface area contributed by atoms with Crippen LogP contribution in [0.25, 0.3) is 5.13 Å². The molecule has 0 aromatic carbocycles. The summed E-state index contributed by atoms with van der Waals surface area (Å²) >= 11 is 2.96. The quantitative estimate of drug-likeness (QED) is 0.360. The van der Waals surface area contributed by atoms with Gasteiger partial charge in [-0.05, 0) is 26.8 Å². The van der Waals surface area contributed by atoms with E-state index >= 15 is 0 Å². The second-order valence-corrected chi connectivity index (χ2v) is 7.39. The van der Waals surface area contributed by atoms with E-state index in [-0.39, 0.29) is 5.78 Å². The Bertz CT molecular complexity index is 908. The topological polar surface area (TPSA) is 65.6 Å². The molecule has 0 amide bonds. The Kier molecular flexibility index (Phi) is 5.19. The number of allylic oxidation sites excluding steroid dienone is 1. The van der Waals surface area contributed by atoms with Crippen LogP contribution in [0.3, 0.4) is 0 Å². The van der Waals surface area contributed by atoms with Gasteiger partial charge >= 0.3 is 0 Å². The number of carbonyl (C=O) groups excluding carboxylic acids is 1. The lowest BCUT2D eigenvalue weighted by Gasteiger charge is -2.06. The Labute approximate surface area is 154 Å². The Hall–Kier alpha value is -2.19. The molecule has 0 unspecified atom stereocenters. The Morgan fingerprint density at radius 3 is 2.84 bits per heavy atom. The number of Topliss-reactive ketones (excluding diaryl/α,β-unsaturated/α-hetero) is 1. The molecule has 3 aromatic rings. The SMILES string of the molecule is C=CCn1c(C)nnc1SCC(=O)c1cc(C)n(-c2nccs2)c1C. The van der Waals surface area contributed by atoms with Crippen molar-refractivity contribution in [2.24, 2.45) is 0 Å². The van der Waals surface area contributed by atoms with Crippen molar-refractivity contribution in [2.75, 3.05) is 5.75 Å². The lowest BCUT2D eigenvalue weighted by molar-refractivity contribution is 0.102. The van der Waals surface area contributed by atoms with Gasteiger partial charge in [-0.25, -0.2) is 4.98 Å². The summed E-state index contributed by atoms with van der Waals surface area (Å²) in [5.41, 5.74) is 2.65. The predicted molar refractivity (Wildman–Crippen MR) is 101 cm³/mol. The number of hydrogen-bond acceptors (Lipinski definition) is 6. The fraction of sp³-hybridized carbons (Fsp3) is 0.294. The maximum Gasteiger partial charge on any atom is 0.193 e. The molecular weight excluding hydrogens is 354 g/mol. The van der Waals surface area contributed by atoms with Gasteiger partial charge in [0.05, 0.1) is 5.75 Å². The number of aryl methyl sites for hydroxylation is 2. The molecule has 3 rings (SSSR count). The summed E-state index contributed by atoms with van der Waals surface area (Å²) in [6, 6.07) is 1.93. The molecule has 0 N–H and O–H groups in total. The first-order valence-electron chi connectivity index (χ1n) is 7.78. The minimum Gasteiger partial charge on any atom is -0.302 e. The number of hydrogen-bond donors (Lipinski definition) is 0. The third kappa shape index (κ3) is 3.45.